The van der Waals surface area contributed by atoms with Crippen LogP contribution in [0.2, 0.25) is 0 Å². The van der Waals surface area contributed by atoms with Crippen molar-refractivity contribution in [2.45, 2.75) is 27.3 Å². The van der Waals surface area contributed by atoms with E-state index in [1.54, 1.807) is 6.08 Å². The van der Waals surface area contributed by atoms with Crippen molar-refractivity contribution in [3.05, 3.63) is 70.3 Å². The number of amides is 3. The molecule has 0 saturated carbocycles. The van der Waals surface area contributed by atoms with Crippen molar-refractivity contribution >= 4 is 51.5 Å². The molecule has 1 N–H and O–H groups in total. The Kier molecular flexibility index (Phi) is 5.69. The average Bonchev–Trinajstić information content (AvgIpc) is 3.20. The Morgan fingerprint density at radius 3 is 2.52 bits per heavy atom. The quantitative estimate of drug-likeness (QED) is 0.578. The Hall–Kier alpha value is -3.32. The molecule has 2 heterocycles. The summed E-state index contributed by atoms with van der Waals surface area (Å²) in [6.07, 6.45) is 3.71. The van der Waals surface area contributed by atoms with E-state index < -0.39 is 17.1 Å². The molecular formula is C24H23N3O3S. The minimum atomic E-state index is -0.445. The SMILES string of the molecule is CCn1cc(/C=C2\SC(=O)N(CC(=O)Nc3cc(C)cc(C)c3)C2=O)c2ccccc21. The fourth-order valence-electron chi connectivity index (χ4n) is 3.82. The van der Waals surface area contributed by atoms with Crippen LogP contribution in [-0.4, -0.2) is 33.1 Å². The first-order valence-corrected chi connectivity index (χ1v) is 10.9. The van der Waals surface area contributed by atoms with Crippen molar-refractivity contribution in [3.8, 4) is 0 Å². The zero-order valence-electron chi connectivity index (χ0n) is 17.6. The number of nitrogens with one attached hydrogen (secondary N) is 1. The van der Waals surface area contributed by atoms with Crippen molar-refractivity contribution in [1.29, 1.82) is 0 Å². The average molecular weight is 434 g/mol. The van der Waals surface area contributed by atoms with E-state index in [0.717, 1.165) is 50.8 Å². The molecule has 31 heavy (non-hydrogen) atoms. The molecule has 0 radical (unpaired) electrons. The Morgan fingerprint density at radius 2 is 1.81 bits per heavy atom. The molecule has 1 fully saturated rings. The number of aromatic nitrogens is 1. The molecule has 1 saturated heterocycles. The van der Waals surface area contributed by atoms with Crippen LogP contribution in [0, 0.1) is 13.8 Å². The lowest BCUT2D eigenvalue weighted by Gasteiger charge is -2.13. The fourth-order valence-corrected chi connectivity index (χ4v) is 4.65. The van der Waals surface area contributed by atoms with Gasteiger partial charge in [-0.3, -0.25) is 19.3 Å². The number of para-hydroxylation sites is 1. The lowest BCUT2D eigenvalue weighted by atomic mass is 10.1. The highest BCUT2D eigenvalue weighted by atomic mass is 32.2. The number of imide groups is 1. The molecule has 0 aliphatic carbocycles. The van der Waals surface area contributed by atoms with Crippen molar-refractivity contribution in [3.63, 3.8) is 0 Å². The molecule has 4 rings (SSSR count). The number of hydrogen-bond donors (Lipinski definition) is 1. The van der Waals surface area contributed by atoms with Gasteiger partial charge >= 0.3 is 0 Å². The van der Waals surface area contributed by atoms with E-state index in [9.17, 15) is 14.4 Å². The summed E-state index contributed by atoms with van der Waals surface area (Å²) in [6.45, 7) is 6.43. The Balaban J connectivity index is 1.53. The van der Waals surface area contributed by atoms with Gasteiger partial charge in [0, 0.05) is 34.9 Å². The summed E-state index contributed by atoms with van der Waals surface area (Å²) in [7, 11) is 0. The summed E-state index contributed by atoms with van der Waals surface area (Å²) in [5.41, 5.74) is 4.65. The predicted molar refractivity (Wildman–Crippen MR) is 125 cm³/mol. The van der Waals surface area contributed by atoms with Crippen LogP contribution in [0.4, 0.5) is 10.5 Å². The molecular weight excluding hydrogens is 410 g/mol. The highest BCUT2D eigenvalue weighted by molar-refractivity contribution is 8.18. The minimum absolute atomic E-state index is 0.314. The molecule has 0 unspecified atom stereocenters. The summed E-state index contributed by atoms with van der Waals surface area (Å²) >= 11 is 0.865. The monoisotopic (exact) mass is 433 g/mol. The summed E-state index contributed by atoms with van der Waals surface area (Å²) < 4.78 is 2.10. The lowest BCUT2D eigenvalue weighted by Crippen LogP contribution is -2.36. The van der Waals surface area contributed by atoms with E-state index in [1.165, 1.54) is 0 Å². The molecule has 3 amide bonds. The highest BCUT2D eigenvalue weighted by Gasteiger charge is 2.36. The summed E-state index contributed by atoms with van der Waals surface area (Å²) in [5.74, 6) is -0.852. The first-order valence-electron chi connectivity index (χ1n) is 10.1. The molecule has 7 heteroatoms. The van der Waals surface area contributed by atoms with Gasteiger partial charge in [-0.2, -0.15) is 0 Å². The Morgan fingerprint density at radius 1 is 1.10 bits per heavy atom. The fraction of sp³-hybridized carbons (Fsp3) is 0.208. The van der Waals surface area contributed by atoms with Gasteiger partial charge in [0.05, 0.1) is 4.91 Å². The third-order valence-corrected chi connectivity index (χ3v) is 6.03. The van der Waals surface area contributed by atoms with Gasteiger partial charge in [0.1, 0.15) is 6.54 Å². The molecule has 2 aromatic carbocycles. The van der Waals surface area contributed by atoms with Gasteiger partial charge in [-0.25, -0.2) is 0 Å². The maximum Gasteiger partial charge on any atom is 0.294 e. The number of rotatable bonds is 5. The van der Waals surface area contributed by atoms with E-state index in [2.05, 4.69) is 16.8 Å². The number of carbonyl (C=O) groups is 3. The highest BCUT2D eigenvalue weighted by Crippen LogP contribution is 2.34. The van der Waals surface area contributed by atoms with Crippen molar-refractivity contribution in [2.24, 2.45) is 0 Å². The first kappa shape index (κ1) is 20.9. The molecule has 158 valence electrons. The number of fused-ring (bicyclic) bond motifs is 1. The van der Waals surface area contributed by atoms with E-state index in [1.807, 2.05) is 62.5 Å². The molecule has 1 aliphatic heterocycles. The van der Waals surface area contributed by atoms with Crippen molar-refractivity contribution in [2.75, 3.05) is 11.9 Å². The smallest absolute Gasteiger partial charge is 0.294 e. The molecule has 1 aromatic heterocycles. The zero-order chi connectivity index (χ0) is 22.1. The van der Waals surface area contributed by atoms with Gasteiger partial charge in [-0.15, -0.1) is 0 Å². The van der Waals surface area contributed by atoms with E-state index >= 15 is 0 Å². The molecule has 3 aromatic rings. The maximum absolute atomic E-state index is 12.9. The van der Waals surface area contributed by atoms with Gasteiger partial charge in [0.2, 0.25) is 5.91 Å². The van der Waals surface area contributed by atoms with Crippen LogP contribution < -0.4 is 5.32 Å². The molecule has 0 spiro atoms. The minimum Gasteiger partial charge on any atom is -0.347 e. The van der Waals surface area contributed by atoms with Gasteiger partial charge in [0.25, 0.3) is 11.1 Å². The molecule has 0 bridgehead atoms. The van der Waals surface area contributed by atoms with Gasteiger partial charge in [-0.1, -0.05) is 24.3 Å². The predicted octanol–water partition coefficient (Wildman–Crippen LogP) is 4.95. The second kappa shape index (κ2) is 8.43. The van der Waals surface area contributed by atoms with Gasteiger partial charge in [-0.05, 0) is 67.9 Å². The van der Waals surface area contributed by atoms with Crippen LogP contribution >= 0.6 is 11.8 Å². The third kappa shape index (κ3) is 4.27. The molecule has 1 aliphatic rings. The van der Waals surface area contributed by atoms with Gasteiger partial charge < -0.3 is 9.88 Å². The van der Waals surface area contributed by atoms with Gasteiger partial charge in [0.15, 0.2) is 0 Å². The normalized spacial score (nSPS) is 15.3. The molecule has 0 atom stereocenters. The van der Waals surface area contributed by atoms with Crippen LogP contribution in [0.3, 0.4) is 0 Å². The number of hydrogen-bond acceptors (Lipinski definition) is 4. The van der Waals surface area contributed by atoms with Crippen LogP contribution in [0.15, 0.2) is 53.6 Å². The number of thioether (sulfide) groups is 1. The van der Waals surface area contributed by atoms with E-state index in [0.29, 0.717) is 10.6 Å². The summed E-state index contributed by atoms with van der Waals surface area (Å²) in [6, 6.07) is 13.6. The number of anilines is 1. The number of nitrogens with zero attached hydrogens (tertiary/aromatic N) is 2. The number of carbonyl (C=O) groups excluding carboxylic acids is 3. The zero-order valence-corrected chi connectivity index (χ0v) is 18.5. The van der Waals surface area contributed by atoms with Crippen LogP contribution in [0.25, 0.3) is 17.0 Å². The third-order valence-electron chi connectivity index (χ3n) is 5.13. The Bertz CT molecular complexity index is 1220. The molecule has 6 nitrogen and oxygen atoms in total. The summed E-state index contributed by atoms with van der Waals surface area (Å²) in [5, 5.41) is 3.35. The summed E-state index contributed by atoms with van der Waals surface area (Å²) in [4.78, 5) is 39.1. The van der Waals surface area contributed by atoms with Crippen LogP contribution in [-0.2, 0) is 16.1 Å². The largest absolute Gasteiger partial charge is 0.347 e. The number of aryl methyl sites for hydroxylation is 3. The van der Waals surface area contributed by atoms with E-state index in [-0.39, 0.29) is 6.54 Å². The standard InChI is InChI=1S/C24H23N3O3S/c1-4-26-13-17(19-7-5-6-8-20(19)26)12-21-23(29)27(24(30)31-21)14-22(28)25-18-10-15(2)9-16(3)11-18/h5-13H,4,14H2,1-3H3,(H,25,28)/b21-12-. The van der Waals surface area contributed by atoms with Crippen LogP contribution in [0.1, 0.15) is 23.6 Å². The Labute approximate surface area is 184 Å². The second-order valence-corrected chi connectivity index (χ2v) is 8.57. The van der Waals surface area contributed by atoms with E-state index in [4.69, 9.17) is 0 Å². The van der Waals surface area contributed by atoms with Crippen LogP contribution in [0.5, 0.6) is 0 Å². The number of benzene rings is 2. The topological polar surface area (TPSA) is 71.4 Å². The van der Waals surface area contributed by atoms with Crippen molar-refractivity contribution < 1.29 is 14.4 Å². The lowest BCUT2D eigenvalue weighted by molar-refractivity contribution is -0.127. The maximum atomic E-state index is 12.9. The second-order valence-electron chi connectivity index (χ2n) is 7.58. The first-order chi connectivity index (χ1) is 14.9. The van der Waals surface area contributed by atoms with Crippen molar-refractivity contribution in [1.82, 2.24) is 9.47 Å².